The van der Waals surface area contributed by atoms with Gasteiger partial charge in [0.1, 0.15) is 11.9 Å². The summed E-state index contributed by atoms with van der Waals surface area (Å²) in [5.74, 6) is 0.943. The predicted molar refractivity (Wildman–Crippen MR) is 79.8 cm³/mol. The third kappa shape index (κ3) is 3.90. The molecule has 3 heteroatoms. The van der Waals surface area contributed by atoms with Crippen molar-refractivity contribution in [1.29, 1.82) is 0 Å². The summed E-state index contributed by atoms with van der Waals surface area (Å²) in [6.45, 7) is 3.02. The van der Waals surface area contributed by atoms with Gasteiger partial charge >= 0.3 is 0 Å². The van der Waals surface area contributed by atoms with Crippen LogP contribution in [0.1, 0.15) is 6.92 Å². The third-order valence-corrected chi connectivity index (χ3v) is 2.68. The molecule has 2 aromatic rings. The van der Waals surface area contributed by atoms with E-state index in [9.17, 15) is 0 Å². The zero-order valence-electron chi connectivity index (χ0n) is 11.1. The standard InChI is InChI=1S/C15H19NO.ClH/c1-12(11-16(2)3)17-15-9-8-13-6-4-5-7-14(13)10-15;/h4-10,12H,11H2,1-3H3;1H. The lowest BCUT2D eigenvalue weighted by Crippen LogP contribution is -2.27. The van der Waals surface area contributed by atoms with Crippen LogP contribution in [0.4, 0.5) is 0 Å². The van der Waals surface area contributed by atoms with E-state index in [0.29, 0.717) is 0 Å². The van der Waals surface area contributed by atoms with Crippen molar-refractivity contribution in [3.63, 3.8) is 0 Å². The predicted octanol–water partition coefficient (Wildman–Crippen LogP) is 3.59. The number of likely N-dealkylation sites (N-methyl/N-ethyl adjacent to an activating group) is 1. The van der Waals surface area contributed by atoms with Crippen molar-refractivity contribution in [2.24, 2.45) is 0 Å². The molecule has 98 valence electrons. The van der Waals surface area contributed by atoms with Gasteiger partial charge in [0.25, 0.3) is 0 Å². The van der Waals surface area contributed by atoms with E-state index in [2.05, 4.69) is 62.3 Å². The molecule has 2 rings (SSSR count). The fourth-order valence-electron chi connectivity index (χ4n) is 2.02. The monoisotopic (exact) mass is 265 g/mol. The molecule has 0 fully saturated rings. The second-order valence-electron chi connectivity index (χ2n) is 4.70. The molecule has 1 atom stereocenters. The molecule has 0 aromatic heterocycles. The smallest absolute Gasteiger partial charge is 0.120 e. The highest BCUT2D eigenvalue weighted by molar-refractivity contribution is 5.85. The number of halogens is 1. The van der Waals surface area contributed by atoms with E-state index in [0.717, 1.165) is 12.3 Å². The highest BCUT2D eigenvalue weighted by Gasteiger charge is 2.05. The quantitative estimate of drug-likeness (QED) is 0.838. The second-order valence-corrected chi connectivity index (χ2v) is 4.70. The molecule has 0 saturated carbocycles. The Bertz CT molecular complexity index is 499. The van der Waals surface area contributed by atoms with Crippen molar-refractivity contribution in [3.8, 4) is 5.75 Å². The van der Waals surface area contributed by atoms with Gasteiger partial charge in [-0.15, -0.1) is 12.4 Å². The van der Waals surface area contributed by atoms with Crippen molar-refractivity contribution in [2.45, 2.75) is 13.0 Å². The molecule has 1 unspecified atom stereocenters. The van der Waals surface area contributed by atoms with E-state index in [4.69, 9.17) is 4.74 Å². The summed E-state index contributed by atoms with van der Waals surface area (Å²) in [7, 11) is 4.11. The third-order valence-electron chi connectivity index (χ3n) is 2.68. The molecule has 2 aromatic carbocycles. The summed E-state index contributed by atoms with van der Waals surface area (Å²) < 4.78 is 5.89. The Morgan fingerprint density at radius 1 is 1.06 bits per heavy atom. The number of benzene rings is 2. The Labute approximate surface area is 115 Å². The van der Waals surface area contributed by atoms with Crippen LogP contribution in [0.25, 0.3) is 10.8 Å². The first-order chi connectivity index (χ1) is 8.15. The first kappa shape index (κ1) is 14.8. The summed E-state index contributed by atoms with van der Waals surface area (Å²) >= 11 is 0. The van der Waals surface area contributed by atoms with Crippen LogP contribution >= 0.6 is 12.4 Å². The largest absolute Gasteiger partial charge is 0.489 e. The Balaban J connectivity index is 0.00000162. The van der Waals surface area contributed by atoms with Gasteiger partial charge in [-0.2, -0.15) is 0 Å². The highest BCUT2D eigenvalue weighted by atomic mass is 35.5. The minimum absolute atomic E-state index is 0. The van der Waals surface area contributed by atoms with Gasteiger partial charge in [0, 0.05) is 6.54 Å². The Kier molecular flexibility index (Phi) is 5.45. The maximum atomic E-state index is 5.89. The van der Waals surface area contributed by atoms with Gasteiger partial charge in [-0.05, 0) is 43.9 Å². The maximum absolute atomic E-state index is 5.89. The van der Waals surface area contributed by atoms with Crippen LogP contribution in [0.15, 0.2) is 42.5 Å². The van der Waals surface area contributed by atoms with Crippen LogP contribution in [0, 0.1) is 0 Å². The molecule has 0 aliphatic rings. The molecule has 0 spiro atoms. The first-order valence-electron chi connectivity index (χ1n) is 5.95. The summed E-state index contributed by atoms with van der Waals surface area (Å²) in [6.07, 6.45) is 0.200. The van der Waals surface area contributed by atoms with Gasteiger partial charge in [-0.1, -0.05) is 30.3 Å². The number of hydrogen-bond donors (Lipinski definition) is 0. The van der Waals surface area contributed by atoms with E-state index in [1.807, 2.05) is 6.07 Å². The van der Waals surface area contributed by atoms with Crippen LogP contribution in [0.3, 0.4) is 0 Å². The highest BCUT2D eigenvalue weighted by Crippen LogP contribution is 2.21. The summed E-state index contributed by atoms with van der Waals surface area (Å²) in [5.41, 5.74) is 0. The molecule has 0 N–H and O–H groups in total. The van der Waals surface area contributed by atoms with Gasteiger partial charge in [0.15, 0.2) is 0 Å². The lowest BCUT2D eigenvalue weighted by Gasteiger charge is -2.18. The molecule has 2 nitrogen and oxygen atoms in total. The Morgan fingerprint density at radius 3 is 2.39 bits per heavy atom. The first-order valence-corrected chi connectivity index (χ1v) is 5.95. The SMILES string of the molecule is CC(CN(C)C)Oc1ccc2ccccc2c1.Cl. The summed E-state index contributed by atoms with van der Waals surface area (Å²) in [5, 5.41) is 2.47. The topological polar surface area (TPSA) is 12.5 Å². The number of ether oxygens (including phenoxy) is 1. The fraction of sp³-hybridized carbons (Fsp3) is 0.333. The normalized spacial score (nSPS) is 12.2. The van der Waals surface area contributed by atoms with E-state index in [-0.39, 0.29) is 18.5 Å². The number of rotatable bonds is 4. The molecule has 0 amide bonds. The average Bonchev–Trinajstić information content (AvgIpc) is 2.27. The second kappa shape index (κ2) is 6.62. The van der Waals surface area contributed by atoms with E-state index in [1.165, 1.54) is 10.8 Å². The van der Waals surface area contributed by atoms with Crippen LogP contribution in [-0.2, 0) is 0 Å². The van der Waals surface area contributed by atoms with Crippen molar-refractivity contribution in [3.05, 3.63) is 42.5 Å². The van der Waals surface area contributed by atoms with Gasteiger partial charge in [0.2, 0.25) is 0 Å². The molecule has 0 saturated heterocycles. The molecule has 0 bridgehead atoms. The maximum Gasteiger partial charge on any atom is 0.120 e. The van der Waals surface area contributed by atoms with Gasteiger partial charge in [-0.3, -0.25) is 0 Å². The van der Waals surface area contributed by atoms with E-state index < -0.39 is 0 Å². The molecule has 0 aliphatic carbocycles. The molecule has 0 radical (unpaired) electrons. The van der Waals surface area contributed by atoms with Crippen LogP contribution in [0.2, 0.25) is 0 Å². The zero-order chi connectivity index (χ0) is 12.3. The van der Waals surface area contributed by atoms with Crippen LogP contribution < -0.4 is 4.74 Å². The van der Waals surface area contributed by atoms with Crippen LogP contribution in [-0.4, -0.2) is 31.6 Å². The Morgan fingerprint density at radius 2 is 1.72 bits per heavy atom. The summed E-state index contributed by atoms with van der Waals surface area (Å²) in [4.78, 5) is 2.13. The molecule has 0 heterocycles. The van der Waals surface area contributed by atoms with Gasteiger partial charge in [-0.25, -0.2) is 0 Å². The van der Waals surface area contributed by atoms with Crippen molar-refractivity contribution in [1.82, 2.24) is 4.90 Å². The summed E-state index contributed by atoms with van der Waals surface area (Å²) in [6, 6.07) is 14.6. The fourth-order valence-corrected chi connectivity index (χ4v) is 2.02. The molecular weight excluding hydrogens is 246 g/mol. The van der Waals surface area contributed by atoms with E-state index >= 15 is 0 Å². The molecular formula is C15H20ClNO. The lowest BCUT2D eigenvalue weighted by atomic mass is 10.1. The number of nitrogens with zero attached hydrogens (tertiary/aromatic N) is 1. The van der Waals surface area contributed by atoms with Crippen molar-refractivity contribution < 1.29 is 4.74 Å². The number of hydrogen-bond acceptors (Lipinski definition) is 2. The average molecular weight is 266 g/mol. The lowest BCUT2D eigenvalue weighted by molar-refractivity contribution is 0.177. The molecule has 18 heavy (non-hydrogen) atoms. The Hall–Kier alpha value is -1.25. The minimum Gasteiger partial charge on any atom is -0.489 e. The minimum atomic E-state index is 0. The van der Waals surface area contributed by atoms with Crippen LogP contribution in [0.5, 0.6) is 5.75 Å². The number of fused-ring (bicyclic) bond motifs is 1. The van der Waals surface area contributed by atoms with Crippen molar-refractivity contribution >= 4 is 23.2 Å². The molecule has 0 aliphatic heterocycles. The van der Waals surface area contributed by atoms with Gasteiger partial charge in [0.05, 0.1) is 0 Å². The van der Waals surface area contributed by atoms with Crippen molar-refractivity contribution in [2.75, 3.05) is 20.6 Å². The van der Waals surface area contributed by atoms with E-state index in [1.54, 1.807) is 0 Å². The zero-order valence-corrected chi connectivity index (χ0v) is 11.9. The van der Waals surface area contributed by atoms with Gasteiger partial charge < -0.3 is 9.64 Å².